The van der Waals surface area contributed by atoms with E-state index < -0.39 is 0 Å². The summed E-state index contributed by atoms with van der Waals surface area (Å²) in [6, 6.07) is 9.64. The average molecular weight is 245 g/mol. The second kappa shape index (κ2) is 6.38. The number of hydrogen-bond donors (Lipinski definition) is 1. The third kappa shape index (κ3) is 3.35. The minimum atomic E-state index is 0.661. The lowest BCUT2D eigenvalue weighted by atomic mass is 9.86. The number of benzene rings is 1. The molecule has 100 valence electrons. The molecule has 0 aromatic heterocycles. The van der Waals surface area contributed by atoms with Crippen LogP contribution >= 0.6 is 0 Å². The van der Waals surface area contributed by atoms with E-state index in [0.29, 0.717) is 6.04 Å². The van der Waals surface area contributed by atoms with Gasteiger partial charge in [-0.3, -0.25) is 0 Å². The molecular formula is C17H27N. The van der Waals surface area contributed by atoms with Gasteiger partial charge in [0.15, 0.2) is 0 Å². The topological polar surface area (TPSA) is 12.0 Å². The standard InChI is InChI=1S/C17H27N/c1-4-18-17(16-10-6-8-14(16)3)12-15-9-5-7-13(2)11-15/h5,7,9,11,14,16-18H,4,6,8,10,12H2,1-3H3. The van der Waals surface area contributed by atoms with E-state index in [4.69, 9.17) is 0 Å². The van der Waals surface area contributed by atoms with E-state index in [9.17, 15) is 0 Å². The van der Waals surface area contributed by atoms with Crippen LogP contribution in [0.1, 0.15) is 44.2 Å². The van der Waals surface area contributed by atoms with Crippen molar-refractivity contribution in [2.45, 2.75) is 52.5 Å². The van der Waals surface area contributed by atoms with Crippen molar-refractivity contribution in [3.63, 3.8) is 0 Å². The lowest BCUT2D eigenvalue weighted by Crippen LogP contribution is -2.39. The smallest absolute Gasteiger partial charge is 0.0138 e. The Morgan fingerprint density at radius 1 is 1.33 bits per heavy atom. The molecule has 2 rings (SSSR count). The fourth-order valence-corrected chi connectivity index (χ4v) is 3.50. The van der Waals surface area contributed by atoms with Crippen LogP contribution in [0.3, 0.4) is 0 Å². The van der Waals surface area contributed by atoms with Crippen molar-refractivity contribution in [3.05, 3.63) is 35.4 Å². The number of hydrogen-bond acceptors (Lipinski definition) is 1. The molecule has 1 fully saturated rings. The molecule has 1 saturated carbocycles. The molecule has 0 saturated heterocycles. The first kappa shape index (κ1) is 13.6. The molecule has 1 aliphatic rings. The van der Waals surface area contributed by atoms with Gasteiger partial charge in [-0.1, -0.05) is 56.5 Å². The molecule has 1 aromatic carbocycles. The lowest BCUT2D eigenvalue weighted by Gasteiger charge is -2.28. The van der Waals surface area contributed by atoms with Gasteiger partial charge >= 0.3 is 0 Å². The summed E-state index contributed by atoms with van der Waals surface area (Å²) in [5.74, 6) is 1.75. The Bertz CT molecular complexity index is 372. The third-order valence-corrected chi connectivity index (χ3v) is 4.45. The van der Waals surface area contributed by atoms with Gasteiger partial charge in [-0.2, -0.15) is 0 Å². The van der Waals surface area contributed by atoms with E-state index in [1.807, 2.05) is 0 Å². The minimum Gasteiger partial charge on any atom is -0.314 e. The van der Waals surface area contributed by atoms with E-state index in [0.717, 1.165) is 18.4 Å². The molecule has 0 radical (unpaired) electrons. The van der Waals surface area contributed by atoms with Crippen LogP contribution in [-0.2, 0) is 6.42 Å². The van der Waals surface area contributed by atoms with Gasteiger partial charge in [0.1, 0.15) is 0 Å². The van der Waals surface area contributed by atoms with E-state index >= 15 is 0 Å². The Hall–Kier alpha value is -0.820. The third-order valence-electron chi connectivity index (χ3n) is 4.45. The second-order valence-corrected chi connectivity index (χ2v) is 5.93. The molecule has 1 aromatic rings. The molecule has 18 heavy (non-hydrogen) atoms. The van der Waals surface area contributed by atoms with Crippen LogP contribution in [0.15, 0.2) is 24.3 Å². The Labute approximate surface area is 112 Å². The van der Waals surface area contributed by atoms with Crippen LogP contribution in [-0.4, -0.2) is 12.6 Å². The maximum absolute atomic E-state index is 3.72. The van der Waals surface area contributed by atoms with Crippen molar-refractivity contribution in [2.24, 2.45) is 11.8 Å². The maximum atomic E-state index is 3.72. The molecule has 0 spiro atoms. The SMILES string of the molecule is CCNC(Cc1cccc(C)c1)C1CCCC1C. The highest BCUT2D eigenvalue weighted by atomic mass is 14.9. The first-order chi connectivity index (χ1) is 8.70. The molecule has 3 unspecified atom stereocenters. The Morgan fingerprint density at radius 2 is 2.17 bits per heavy atom. The van der Waals surface area contributed by atoms with E-state index in [1.54, 1.807) is 0 Å². The summed E-state index contributed by atoms with van der Waals surface area (Å²) >= 11 is 0. The van der Waals surface area contributed by atoms with E-state index in [1.165, 1.54) is 36.8 Å². The molecule has 0 bridgehead atoms. The zero-order chi connectivity index (χ0) is 13.0. The summed E-state index contributed by atoms with van der Waals surface area (Å²) in [4.78, 5) is 0. The quantitative estimate of drug-likeness (QED) is 0.828. The van der Waals surface area contributed by atoms with E-state index in [2.05, 4.69) is 50.4 Å². The van der Waals surface area contributed by atoms with Crippen LogP contribution in [0, 0.1) is 18.8 Å². The van der Waals surface area contributed by atoms with Gasteiger partial charge in [-0.05, 0) is 43.7 Å². The number of rotatable bonds is 5. The number of nitrogens with one attached hydrogen (secondary N) is 1. The molecule has 0 aliphatic heterocycles. The highest BCUT2D eigenvalue weighted by molar-refractivity contribution is 5.23. The molecule has 1 nitrogen and oxygen atoms in total. The van der Waals surface area contributed by atoms with Gasteiger partial charge in [0.25, 0.3) is 0 Å². The van der Waals surface area contributed by atoms with Crippen molar-refractivity contribution in [1.29, 1.82) is 0 Å². The van der Waals surface area contributed by atoms with Crippen LogP contribution in [0.5, 0.6) is 0 Å². The van der Waals surface area contributed by atoms with Crippen LogP contribution in [0.25, 0.3) is 0 Å². The van der Waals surface area contributed by atoms with Crippen molar-refractivity contribution < 1.29 is 0 Å². The van der Waals surface area contributed by atoms with Crippen molar-refractivity contribution in [3.8, 4) is 0 Å². The van der Waals surface area contributed by atoms with Gasteiger partial charge in [0, 0.05) is 6.04 Å². The summed E-state index contributed by atoms with van der Waals surface area (Å²) in [7, 11) is 0. The highest BCUT2D eigenvalue weighted by Crippen LogP contribution is 2.34. The van der Waals surface area contributed by atoms with Gasteiger partial charge < -0.3 is 5.32 Å². The van der Waals surface area contributed by atoms with Crippen LogP contribution < -0.4 is 5.32 Å². The summed E-state index contributed by atoms with van der Waals surface area (Å²) in [5.41, 5.74) is 2.86. The summed E-state index contributed by atoms with van der Waals surface area (Å²) < 4.78 is 0. The highest BCUT2D eigenvalue weighted by Gasteiger charge is 2.30. The summed E-state index contributed by atoms with van der Waals surface area (Å²) in [6.07, 6.45) is 5.43. The predicted octanol–water partition coefficient (Wildman–Crippen LogP) is 3.95. The zero-order valence-electron chi connectivity index (χ0n) is 12.1. The molecule has 1 heteroatoms. The van der Waals surface area contributed by atoms with Crippen molar-refractivity contribution in [1.82, 2.24) is 5.32 Å². The molecule has 3 atom stereocenters. The van der Waals surface area contributed by atoms with Crippen molar-refractivity contribution in [2.75, 3.05) is 6.54 Å². The van der Waals surface area contributed by atoms with Gasteiger partial charge in [0.05, 0.1) is 0 Å². The number of likely N-dealkylation sites (N-methyl/N-ethyl adjacent to an activating group) is 1. The molecular weight excluding hydrogens is 218 g/mol. The fraction of sp³-hybridized carbons (Fsp3) is 0.647. The first-order valence-corrected chi connectivity index (χ1v) is 7.49. The minimum absolute atomic E-state index is 0.661. The number of aryl methyl sites for hydroxylation is 1. The van der Waals surface area contributed by atoms with Crippen molar-refractivity contribution >= 4 is 0 Å². The predicted molar refractivity (Wildman–Crippen MR) is 78.9 cm³/mol. The van der Waals surface area contributed by atoms with Crippen LogP contribution in [0.4, 0.5) is 0 Å². The zero-order valence-corrected chi connectivity index (χ0v) is 12.1. The Morgan fingerprint density at radius 3 is 2.78 bits per heavy atom. The Balaban J connectivity index is 2.06. The van der Waals surface area contributed by atoms with Gasteiger partial charge in [-0.25, -0.2) is 0 Å². The monoisotopic (exact) mass is 245 g/mol. The van der Waals surface area contributed by atoms with Gasteiger partial charge in [-0.15, -0.1) is 0 Å². The Kier molecular flexibility index (Phi) is 4.82. The summed E-state index contributed by atoms with van der Waals surface area (Å²) in [5, 5.41) is 3.72. The van der Waals surface area contributed by atoms with Gasteiger partial charge in [0.2, 0.25) is 0 Å². The fourth-order valence-electron chi connectivity index (χ4n) is 3.50. The average Bonchev–Trinajstić information content (AvgIpc) is 2.75. The second-order valence-electron chi connectivity index (χ2n) is 5.93. The maximum Gasteiger partial charge on any atom is 0.0138 e. The van der Waals surface area contributed by atoms with Crippen LogP contribution in [0.2, 0.25) is 0 Å². The molecule has 0 amide bonds. The molecule has 1 N–H and O–H groups in total. The lowest BCUT2D eigenvalue weighted by molar-refractivity contribution is 0.298. The normalized spacial score (nSPS) is 25.3. The summed E-state index contributed by atoms with van der Waals surface area (Å²) in [6.45, 7) is 7.92. The first-order valence-electron chi connectivity index (χ1n) is 7.49. The van der Waals surface area contributed by atoms with E-state index in [-0.39, 0.29) is 0 Å². The largest absolute Gasteiger partial charge is 0.314 e. The molecule has 0 heterocycles. The molecule has 1 aliphatic carbocycles.